The van der Waals surface area contributed by atoms with Crippen molar-refractivity contribution >= 4 is 11.6 Å². The first-order chi connectivity index (χ1) is 9.97. The van der Waals surface area contributed by atoms with Crippen molar-refractivity contribution in [3.05, 3.63) is 29.8 Å². The molecule has 1 aromatic rings. The van der Waals surface area contributed by atoms with Crippen molar-refractivity contribution in [1.29, 1.82) is 0 Å². The Kier molecular flexibility index (Phi) is 7.31. The highest BCUT2D eigenvalue weighted by molar-refractivity contribution is 5.94. The Hall–Kier alpha value is -1.47. The number of hydrogen-bond donors (Lipinski definition) is 3. The van der Waals surface area contributed by atoms with Crippen LogP contribution in [0.3, 0.4) is 0 Å². The van der Waals surface area contributed by atoms with E-state index in [1.54, 1.807) is 18.9 Å². The van der Waals surface area contributed by atoms with Crippen molar-refractivity contribution in [2.45, 2.75) is 25.6 Å². The van der Waals surface area contributed by atoms with Gasteiger partial charge in [-0.2, -0.15) is 0 Å². The van der Waals surface area contributed by atoms with E-state index < -0.39 is 6.10 Å². The van der Waals surface area contributed by atoms with Gasteiger partial charge in [-0.15, -0.1) is 0 Å². The average molecular weight is 295 g/mol. The van der Waals surface area contributed by atoms with Crippen LogP contribution in [-0.2, 0) is 16.1 Å². The molecule has 2 atom stereocenters. The molecule has 0 saturated carbocycles. The zero-order valence-corrected chi connectivity index (χ0v) is 12.9. The quantitative estimate of drug-likeness (QED) is 0.646. The molecule has 0 fully saturated rings. The summed E-state index contributed by atoms with van der Waals surface area (Å²) in [5.74, 6) is -0.128. The normalized spacial score (nSPS) is 14.0. The molecule has 0 saturated heterocycles. The molecule has 0 aromatic heterocycles. The van der Waals surface area contributed by atoms with Crippen molar-refractivity contribution in [3.8, 4) is 0 Å². The minimum Gasteiger partial charge on any atom is -0.389 e. The summed E-state index contributed by atoms with van der Waals surface area (Å²) < 4.78 is 4.88. The van der Waals surface area contributed by atoms with Crippen LogP contribution in [0.5, 0.6) is 0 Å². The topological polar surface area (TPSA) is 87.8 Å². The first-order valence-corrected chi connectivity index (χ1v) is 6.95. The van der Waals surface area contributed by atoms with E-state index in [0.29, 0.717) is 13.1 Å². The third kappa shape index (κ3) is 5.81. The molecule has 0 radical (unpaired) electrons. The molecule has 1 rings (SSSR count). The highest BCUT2D eigenvalue weighted by Gasteiger charge is 2.20. The average Bonchev–Trinajstić information content (AvgIpc) is 2.46. The maximum atomic E-state index is 12.2. The number of anilines is 1. The van der Waals surface area contributed by atoms with Gasteiger partial charge in [0.05, 0.1) is 18.8 Å². The molecule has 1 amide bonds. The predicted molar refractivity (Wildman–Crippen MR) is 82.9 cm³/mol. The Bertz CT molecular complexity index is 454. The molecule has 0 spiro atoms. The van der Waals surface area contributed by atoms with Gasteiger partial charge in [0.1, 0.15) is 0 Å². The van der Waals surface area contributed by atoms with E-state index in [-0.39, 0.29) is 18.6 Å². The Balaban J connectivity index is 2.57. The summed E-state index contributed by atoms with van der Waals surface area (Å²) in [6, 6.07) is 7.08. The van der Waals surface area contributed by atoms with Crippen molar-refractivity contribution < 1.29 is 14.6 Å². The standard InChI is InChI=1S/C15H25N3O3/c1-11(18(2)9-14(19)10-21-3)15(20)17-13-6-4-5-12(7-13)8-16/h4-7,11,14,19H,8-10,16H2,1-3H3,(H,17,20). The summed E-state index contributed by atoms with van der Waals surface area (Å²) in [5.41, 5.74) is 7.27. The third-order valence-electron chi connectivity index (χ3n) is 3.33. The lowest BCUT2D eigenvalue weighted by atomic mass is 10.2. The summed E-state index contributed by atoms with van der Waals surface area (Å²) in [5, 5.41) is 12.5. The summed E-state index contributed by atoms with van der Waals surface area (Å²) in [7, 11) is 3.32. The van der Waals surface area contributed by atoms with Crippen molar-refractivity contribution in [2.24, 2.45) is 5.73 Å². The summed E-state index contributed by atoms with van der Waals surface area (Å²) in [6.07, 6.45) is -0.615. The molecule has 2 unspecified atom stereocenters. The highest BCUT2D eigenvalue weighted by Crippen LogP contribution is 2.11. The maximum Gasteiger partial charge on any atom is 0.241 e. The molecule has 0 aliphatic heterocycles. The van der Waals surface area contributed by atoms with Crippen LogP contribution in [0.4, 0.5) is 5.69 Å². The number of hydrogen-bond acceptors (Lipinski definition) is 5. The van der Waals surface area contributed by atoms with Crippen molar-refractivity contribution in [1.82, 2.24) is 4.90 Å². The van der Waals surface area contributed by atoms with Gasteiger partial charge in [0.25, 0.3) is 0 Å². The van der Waals surface area contributed by atoms with Crippen LogP contribution in [-0.4, -0.2) is 55.4 Å². The molecule has 6 heteroatoms. The Morgan fingerprint density at radius 2 is 2.24 bits per heavy atom. The Morgan fingerprint density at radius 3 is 2.86 bits per heavy atom. The Labute approximate surface area is 125 Å². The highest BCUT2D eigenvalue weighted by atomic mass is 16.5. The van der Waals surface area contributed by atoms with Gasteiger partial charge in [-0.25, -0.2) is 0 Å². The number of ether oxygens (including phenoxy) is 1. The first-order valence-electron chi connectivity index (χ1n) is 6.95. The molecule has 0 bridgehead atoms. The van der Waals surface area contributed by atoms with Crippen LogP contribution in [0, 0.1) is 0 Å². The van der Waals surface area contributed by atoms with Gasteiger partial charge in [0.15, 0.2) is 0 Å². The maximum absolute atomic E-state index is 12.2. The lowest BCUT2D eigenvalue weighted by Gasteiger charge is -2.26. The molecule has 0 aliphatic rings. The number of nitrogens with one attached hydrogen (secondary N) is 1. The fraction of sp³-hybridized carbons (Fsp3) is 0.533. The molecular weight excluding hydrogens is 270 g/mol. The number of aliphatic hydroxyl groups is 1. The van der Waals surface area contributed by atoms with E-state index in [9.17, 15) is 9.90 Å². The number of likely N-dealkylation sites (N-methyl/N-ethyl adjacent to an activating group) is 1. The molecule has 118 valence electrons. The summed E-state index contributed by atoms with van der Waals surface area (Å²) >= 11 is 0. The predicted octanol–water partition coefficient (Wildman–Crippen LogP) is 0.411. The van der Waals surface area contributed by atoms with Crippen LogP contribution >= 0.6 is 0 Å². The minimum atomic E-state index is -0.615. The summed E-state index contributed by atoms with van der Waals surface area (Å²) in [4.78, 5) is 14.0. The van der Waals surface area contributed by atoms with Crippen LogP contribution < -0.4 is 11.1 Å². The van der Waals surface area contributed by atoms with Gasteiger partial charge in [-0.05, 0) is 31.7 Å². The number of nitrogens with two attached hydrogens (primary N) is 1. The number of carbonyl (C=O) groups excluding carboxylic acids is 1. The van der Waals surface area contributed by atoms with Crippen LogP contribution in [0.1, 0.15) is 12.5 Å². The monoisotopic (exact) mass is 295 g/mol. The van der Waals surface area contributed by atoms with Crippen molar-refractivity contribution in [2.75, 3.05) is 32.6 Å². The molecule has 1 aromatic carbocycles. The number of carbonyl (C=O) groups is 1. The second kappa shape index (κ2) is 8.74. The van der Waals surface area contributed by atoms with Crippen LogP contribution in [0.2, 0.25) is 0 Å². The SMILES string of the molecule is COCC(O)CN(C)C(C)C(=O)Nc1cccc(CN)c1. The number of rotatable bonds is 8. The molecule has 4 N–H and O–H groups in total. The Morgan fingerprint density at radius 1 is 1.52 bits per heavy atom. The smallest absolute Gasteiger partial charge is 0.241 e. The van der Waals surface area contributed by atoms with E-state index in [0.717, 1.165) is 11.3 Å². The number of amides is 1. The largest absolute Gasteiger partial charge is 0.389 e. The second-order valence-electron chi connectivity index (χ2n) is 5.12. The fourth-order valence-electron chi connectivity index (χ4n) is 1.96. The second-order valence-corrected chi connectivity index (χ2v) is 5.12. The van der Waals surface area contributed by atoms with Gasteiger partial charge in [0, 0.05) is 25.9 Å². The molecular formula is C15H25N3O3. The number of aliphatic hydroxyl groups excluding tert-OH is 1. The first kappa shape index (κ1) is 17.6. The minimum absolute atomic E-state index is 0.128. The van der Waals surface area contributed by atoms with Gasteiger partial charge in [0.2, 0.25) is 5.91 Å². The zero-order valence-electron chi connectivity index (χ0n) is 12.9. The lowest BCUT2D eigenvalue weighted by molar-refractivity contribution is -0.120. The number of benzene rings is 1. The van der Waals surface area contributed by atoms with E-state index >= 15 is 0 Å². The van der Waals surface area contributed by atoms with E-state index in [4.69, 9.17) is 10.5 Å². The van der Waals surface area contributed by atoms with Gasteiger partial charge in [-0.3, -0.25) is 9.69 Å². The number of nitrogens with zero attached hydrogens (tertiary/aromatic N) is 1. The molecule has 6 nitrogen and oxygen atoms in total. The third-order valence-corrected chi connectivity index (χ3v) is 3.33. The molecule has 0 heterocycles. The van der Waals surface area contributed by atoms with Gasteiger partial charge < -0.3 is 20.9 Å². The van der Waals surface area contributed by atoms with Gasteiger partial charge in [-0.1, -0.05) is 12.1 Å². The van der Waals surface area contributed by atoms with E-state index in [1.807, 2.05) is 24.3 Å². The molecule has 21 heavy (non-hydrogen) atoms. The van der Waals surface area contributed by atoms with Crippen molar-refractivity contribution in [3.63, 3.8) is 0 Å². The molecule has 0 aliphatic carbocycles. The van der Waals surface area contributed by atoms with Crippen LogP contribution in [0.15, 0.2) is 24.3 Å². The number of methoxy groups -OCH3 is 1. The van der Waals surface area contributed by atoms with E-state index in [1.165, 1.54) is 7.11 Å². The lowest BCUT2D eigenvalue weighted by Crippen LogP contribution is -2.44. The van der Waals surface area contributed by atoms with Gasteiger partial charge >= 0.3 is 0 Å². The van der Waals surface area contributed by atoms with E-state index in [2.05, 4.69) is 5.32 Å². The zero-order chi connectivity index (χ0) is 15.8. The fourth-order valence-corrected chi connectivity index (χ4v) is 1.96. The summed E-state index contributed by atoms with van der Waals surface area (Å²) in [6.45, 7) is 2.84. The van der Waals surface area contributed by atoms with Crippen LogP contribution in [0.25, 0.3) is 0 Å².